The van der Waals surface area contributed by atoms with Crippen molar-refractivity contribution in [3.8, 4) is 0 Å². The first-order valence-corrected chi connectivity index (χ1v) is 5.54. The Morgan fingerprint density at radius 1 is 1.47 bits per heavy atom. The van der Waals surface area contributed by atoms with Crippen LogP contribution < -0.4 is 5.32 Å². The molecule has 0 fully saturated rings. The minimum Gasteiger partial charge on any atom is -0.396 e. The van der Waals surface area contributed by atoms with Crippen LogP contribution in [-0.2, 0) is 6.54 Å². The number of hydrogen-bond donors (Lipinski definition) is 2. The molecule has 0 aromatic carbocycles. The maximum Gasteiger partial charge on any atom is 0.136 e. The second-order valence-corrected chi connectivity index (χ2v) is 4.10. The minimum atomic E-state index is 0. The third kappa shape index (κ3) is 3.43. The highest BCUT2D eigenvalue weighted by atomic mass is 35.5. The van der Waals surface area contributed by atoms with Gasteiger partial charge in [0.05, 0.1) is 11.9 Å². The third-order valence-electron chi connectivity index (χ3n) is 2.60. The summed E-state index contributed by atoms with van der Waals surface area (Å²) in [6.45, 7) is 3.83. The average molecular weight is 256 g/mol. The molecule has 0 saturated heterocycles. The van der Waals surface area contributed by atoms with Crippen LogP contribution in [0.5, 0.6) is 0 Å². The normalized spacial score (nSPS) is 12.4. The van der Waals surface area contributed by atoms with Gasteiger partial charge in [-0.05, 0) is 18.1 Å². The molecule has 0 spiro atoms. The Morgan fingerprint density at radius 2 is 2.29 bits per heavy atom. The molecule has 17 heavy (non-hydrogen) atoms. The summed E-state index contributed by atoms with van der Waals surface area (Å²) >= 11 is 0. The monoisotopic (exact) mass is 255 g/mol. The second kappa shape index (κ2) is 6.59. The minimum absolute atomic E-state index is 0. The van der Waals surface area contributed by atoms with Crippen molar-refractivity contribution in [1.82, 2.24) is 14.7 Å². The van der Waals surface area contributed by atoms with Crippen LogP contribution in [0.1, 0.15) is 12.6 Å². The van der Waals surface area contributed by atoms with Crippen molar-refractivity contribution >= 4 is 18.1 Å². The molecule has 2 heterocycles. The number of pyridine rings is 1. The molecule has 1 unspecified atom stereocenters. The maximum atomic E-state index is 8.91. The average Bonchev–Trinajstić information content (AvgIpc) is 2.73. The molecule has 1 atom stereocenters. The fraction of sp³-hybridized carbons (Fsp3) is 0.417. The molecule has 2 rings (SSSR count). The van der Waals surface area contributed by atoms with E-state index >= 15 is 0 Å². The van der Waals surface area contributed by atoms with E-state index in [1.807, 2.05) is 37.5 Å². The van der Waals surface area contributed by atoms with E-state index in [-0.39, 0.29) is 19.0 Å². The molecule has 0 aliphatic carbocycles. The van der Waals surface area contributed by atoms with E-state index in [2.05, 4.69) is 14.7 Å². The molecular formula is C12H18ClN3O. The van der Waals surface area contributed by atoms with Crippen molar-refractivity contribution in [1.29, 1.82) is 0 Å². The Hall–Kier alpha value is -1.10. The van der Waals surface area contributed by atoms with Gasteiger partial charge >= 0.3 is 0 Å². The predicted molar refractivity (Wildman–Crippen MR) is 70.4 cm³/mol. The summed E-state index contributed by atoms with van der Waals surface area (Å²) in [4.78, 5) is 4.31. The van der Waals surface area contributed by atoms with Gasteiger partial charge in [-0.3, -0.25) is 0 Å². The van der Waals surface area contributed by atoms with Gasteiger partial charge in [-0.1, -0.05) is 13.0 Å². The molecule has 0 aliphatic heterocycles. The fourth-order valence-corrected chi connectivity index (χ4v) is 1.63. The number of rotatable bonds is 5. The zero-order valence-electron chi connectivity index (χ0n) is 9.84. The van der Waals surface area contributed by atoms with Crippen LogP contribution in [0.25, 0.3) is 5.65 Å². The fourth-order valence-electron chi connectivity index (χ4n) is 1.63. The summed E-state index contributed by atoms with van der Waals surface area (Å²) in [5, 5.41) is 12.2. The number of aromatic nitrogens is 2. The van der Waals surface area contributed by atoms with E-state index in [0.717, 1.165) is 24.4 Å². The number of imidazole rings is 1. The predicted octanol–water partition coefficient (Wildman–Crippen LogP) is 1.47. The van der Waals surface area contributed by atoms with Gasteiger partial charge in [0, 0.05) is 25.9 Å². The highest BCUT2D eigenvalue weighted by molar-refractivity contribution is 5.85. The largest absolute Gasteiger partial charge is 0.396 e. The van der Waals surface area contributed by atoms with Crippen molar-refractivity contribution in [2.75, 3.05) is 13.2 Å². The molecule has 0 radical (unpaired) electrons. The third-order valence-corrected chi connectivity index (χ3v) is 2.60. The molecule has 2 N–H and O–H groups in total. The van der Waals surface area contributed by atoms with Crippen molar-refractivity contribution in [3.05, 3.63) is 36.3 Å². The highest BCUT2D eigenvalue weighted by Crippen LogP contribution is 2.05. The highest BCUT2D eigenvalue weighted by Gasteiger charge is 2.03. The molecule has 2 aromatic rings. The van der Waals surface area contributed by atoms with E-state index in [1.54, 1.807) is 0 Å². The van der Waals surface area contributed by atoms with Crippen molar-refractivity contribution in [3.63, 3.8) is 0 Å². The SMILES string of the molecule is CC(CO)CNCc1cnc2ccccn12.Cl. The lowest BCUT2D eigenvalue weighted by Gasteiger charge is -2.09. The van der Waals surface area contributed by atoms with Gasteiger partial charge in [0.25, 0.3) is 0 Å². The van der Waals surface area contributed by atoms with Gasteiger partial charge in [0.2, 0.25) is 0 Å². The maximum absolute atomic E-state index is 8.91. The summed E-state index contributed by atoms with van der Waals surface area (Å²) in [5.41, 5.74) is 2.11. The van der Waals surface area contributed by atoms with Crippen LogP contribution in [0, 0.1) is 5.92 Å². The van der Waals surface area contributed by atoms with E-state index in [0.29, 0.717) is 5.92 Å². The summed E-state index contributed by atoms with van der Waals surface area (Å²) < 4.78 is 2.07. The van der Waals surface area contributed by atoms with Crippen LogP contribution in [0.4, 0.5) is 0 Å². The first-order chi connectivity index (χ1) is 7.81. The molecule has 0 aliphatic rings. The van der Waals surface area contributed by atoms with E-state index < -0.39 is 0 Å². The Labute approximate surface area is 107 Å². The first-order valence-electron chi connectivity index (χ1n) is 5.54. The first kappa shape index (κ1) is 14.0. The van der Waals surface area contributed by atoms with Crippen molar-refractivity contribution in [2.24, 2.45) is 5.92 Å². The van der Waals surface area contributed by atoms with Crippen LogP contribution in [0.3, 0.4) is 0 Å². The number of halogens is 1. The number of aliphatic hydroxyl groups excluding tert-OH is 1. The molecule has 0 saturated carbocycles. The van der Waals surface area contributed by atoms with Crippen LogP contribution >= 0.6 is 12.4 Å². The lowest BCUT2D eigenvalue weighted by Crippen LogP contribution is -2.23. The molecule has 2 aromatic heterocycles. The molecule has 5 heteroatoms. The number of nitrogens with one attached hydrogen (secondary N) is 1. The van der Waals surface area contributed by atoms with Crippen LogP contribution in [0.2, 0.25) is 0 Å². The lowest BCUT2D eigenvalue weighted by atomic mass is 10.2. The summed E-state index contributed by atoms with van der Waals surface area (Å²) in [6, 6.07) is 5.96. The Kier molecular flexibility index (Phi) is 5.41. The van der Waals surface area contributed by atoms with E-state index in [1.165, 1.54) is 0 Å². The number of nitrogens with zero attached hydrogens (tertiary/aromatic N) is 2. The lowest BCUT2D eigenvalue weighted by molar-refractivity contribution is 0.233. The van der Waals surface area contributed by atoms with Crippen LogP contribution in [0.15, 0.2) is 30.6 Å². The molecule has 0 bridgehead atoms. The van der Waals surface area contributed by atoms with Crippen LogP contribution in [-0.4, -0.2) is 27.6 Å². The Morgan fingerprint density at radius 3 is 3.06 bits per heavy atom. The standard InChI is InChI=1S/C12H17N3O.ClH/c1-10(9-16)6-13-7-11-8-14-12-4-2-3-5-15(11)12;/h2-5,8,10,13,16H,6-7,9H2,1H3;1H. The molecule has 94 valence electrons. The summed E-state index contributed by atoms with van der Waals surface area (Å²) in [5.74, 6) is 0.291. The van der Waals surface area contributed by atoms with Gasteiger partial charge in [-0.2, -0.15) is 0 Å². The quantitative estimate of drug-likeness (QED) is 0.851. The summed E-state index contributed by atoms with van der Waals surface area (Å²) in [7, 11) is 0. The topological polar surface area (TPSA) is 49.6 Å². The summed E-state index contributed by atoms with van der Waals surface area (Å²) in [6.07, 6.45) is 3.89. The second-order valence-electron chi connectivity index (χ2n) is 4.10. The zero-order chi connectivity index (χ0) is 11.4. The number of hydrogen-bond acceptors (Lipinski definition) is 3. The molecule has 0 amide bonds. The molecule has 4 nitrogen and oxygen atoms in total. The smallest absolute Gasteiger partial charge is 0.136 e. The van der Waals surface area contributed by atoms with Gasteiger partial charge in [0.1, 0.15) is 5.65 Å². The van der Waals surface area contributed by atoms with Crippen molar-refractivity contribution in [2.45, 2.75) is 13.5 Å². The molecular weight excluding hydrogens is 238 g/mol. The number of aliphatic hydroxyl groups is 1. The van der Waals surface area contributed by atoms with E-state index in [9.17, 15) is 0 Å². The Balaban J connectivity index is 0.00000144. The number of fused-ring (bicyclic) bond motifs is 1. The van der Waals surface area contributed by atoms with E-state index in [4.69, 9.17) is 5.11 Å². The van der Waals surface area contributed by atoms with Gasteiger partial charge < -0.3 is 14.8 Å². The van der Waals surface area contributed by atoms with Gasteiger partial charge in [-0.15, -0.1) is 12.4 Å². The van der Waals surface area contributed by atoms with Gasteiger partial charge in [-0.25, -0.2) is 4.98 Å². The van der Waals surface area contributed by atoms with Crippen molar-refractivity contribution < 1.29 is 5.11 Å². The zero-order valence-corrected chi connectivity index (χ0v) is 10.7. The Bertz CT molecular complexity index is 458. The van der Waals surface area contributed by atoms with Gasteiger partial charge in [0.15, 0.2) is 0 Å².